The molecule has 16 heavy (non-hydrogen) atoms. The maximum absolute atomic E-state index is 5.88. The lowest BCUT2D eigenvalue weighted by Crippen LogP contribution is -2.19. The van der Waals surface area contributed by atoms with Gasteiger partial charge in [-0.2, -0.15) is 0 Å². The molecule has 0 bridgehead atoms. The van der Waals surface area contributed by atoms with E-state index in [9.17, 15) is 0 Å². The predicted octanol–water partition coefficient (Wildman–Crippen LogP) is 2.61. The number of hydrogen-bond acceptors (Lipinski definition) is 2. The van der Waals surface area contributed by atoms with Gasteiger partial charge in [0.15, 0.2) is 0 Å². The first kappa shape index (κ1) is 11.6. The van der Waals surface area contributed by atoms with Crippen LogP contribution in [0.2, 0.25) is 0 Å². The van der Waals surface area contributed by atoms with Crippen LogP contribution in [0.25, 0.3) is 0 Å². The van der Waals surface area contributed by atoms with Crippen LogP contribution >= 0.6 is 0 Å². The summed E-state index contributed by atoms with van der Waals surface area (Å²) in [6.45, 7) is 3.77. The van der Waals surface area contributed by atoms with Crippen molar-refractivity contribution in [2.75, 3.05) is 13.2 Å². The van der Waals surface area contributed by atoms with Crippen molar-refractivity contribution in [1.29, 1.82) is 0 Å². The van der Waals surface area contributed by atoms with Gasteiger partial charge in [0.25, 0.3) is 0 Å². The summed E-state index contributed by atoms with van der Waals surface area (Å²) in [6, 6.07) is 8.66. The maximum Gasteiger partial charge on any atom is 0.0582 e. The Bertz CT molecular complexity index is 331. The fraction of sp³-hybridized carbons (Fsp3) is 0.571. The highest BCUT2D eigenvalue weighted by atomic mass is 16.5. The van der Waals surface area contributed by atoms with Gasteiger partial charge < -0.3 is 10.5 Å². The molecule has 0 aliphatic carbocycles. The van der Waals surface area contributed by atoms with Crippen molar-refractivity contribution in [3.05, 3.63) is 35.4 Å². The average molecular weight is 219 g/mol. The minimum atomic E-state index is 0.425. The van der Waals surface area contributed by atoms with Gasteiger partial charge in [-0.15, -0.1) is 0 Å². The summed E-state index contributed by atoms with van der Waals surface area (Å²) >= 11 is 0. The number of ether oxygens (including phenoxy) is 1. The highest BCUT2D eigenvalue weighted by molar-refractivity contribution is 5.25. The van der Waals surface area contributed by atoms with Gasteiger partial charge in [0.1, 0.15) is 0 Å². The smallest absolute Gasteiger partial charge is 0.0582 e. The van der Waals surface area contributed by atoms with Gasteiger partial charge in [0.05, 0.1) is 6.10 Å². The van der Waals surface area contributed by atoms with Crippen LogP contribution in [0.15, 0.2) is 24.3 Å². The molecule has 1 aliphatic rings. The molecule has 88 valence electrons. The van der Waals surface area contributed by atoms with Crippen molar-refractivity contribution in [3.63, 3.8) is 0 Å². The van der Waals surface area contributed by atoms with Gasteiger partial charge in [-0.3, -0.25) is 0 Å². The first-order valence-electron chi connectivity index (χ1n) is 6.18. The molecule has 0 radical (unpaired) electrons. The van der Waals surface area contributed by atoms with Crippen LogP contribution in [0.4, 0.5) is 0 Å². The summed E-state index contributed by atoms with van der Waals surface area (Å²) in [5.74, 6) is 0.447. The van der Waals surface area contributed by atoms with E-state index in [0.717, 1.165) is 13.0 Å². The number of rotatable bonds is 4. The second-order valence-electron chi connectivity index (χ2n) is 4.72. The number of nitrogens with two attached hydrogens (primary N) is 1. The lowest BCUT2D eigenvalue weighted by atomic mass is 9.91. The van der Waals surface area contributed by atoms with E-state index in [0.29, 0.717) is 18.6 Å². The Morgan fingerprint density at radius 1 is 1.50 bits per heavy atom. The molecular weight excluding hydrogens is 198 g/mol. The van der Waals surface area contributed by atoms with Crippen LogP contribution in [0.1, 0.15) is 36.3 Å². The van der Waals surface area contributed by atoms with Gasteiger partial charge in [-0.1, -0.05) is 29.8 Å². The average Bonchev–Trinajstić information content (AvgIpc) is 2.78. The second kappa shape index (κ2) is 5.46. The van der Waals surface area contributed by atoms with Crippen molar-refractivity contribution in [3.8, 4) is 0 Å². The Kier molecular flexibility index (Phi) is 3.97. The topological polar surface area (TPSA) is 35.2 Å². The Balaban J connectivity index is 2.03. The summed E-state index contributed by atoms with van der Waals surface area (Å²) < 4.78 is 5.68. The second-order valence-corrected chi connectivity index (χ2v) is 4.72. The molecule has 2 N–H and O–H groups in total. The monoisotopic (exact) mass is 219 g/mol. The quantitative estimate of drug-likeness (QED) is 0.844. The van der Waals surface area contributed by atoms with Crippen molar-refractivity contribution < 1.29 is 4.74 Å². The van der Waals surface area contributed by atoms with E-state index in [2.05, 4.69) is 31.2 Å². The molecule has 1 heterocycles. The SMILES string of the molecule is Cc1cccc(C(CN)CC2CCCO2)c1. The molecule has 2 unspecified atom stereocenters. The molecule has 2 atom stereocenters. The van der Waals surface area contributed by atoms with Crippen LogP contribution < -0.4 is 5.73 Å². The van der Waals surface area contributed by atoms with E-state index < -0.39 is 0 Å². The fourth-order valence-electron chi connectivity index (χ4n) is 2.44. The zero-order chi connectivity index (χ0) is 11.4. The van der Waals surface area contributed by atoms with Gasteiger partial charge in [0, 0.05) is 6.61 Å². The first-order chi connectivity index (χ1) is 7.79. The van der Waals surface area contributed by atoms with Crippen molar-refractivity contribution >= 4 is 0 Å². The predicted molar refractivity (Wildman–Crippen MR) is 66.6 cm³/mol. The molecule has 2 heteroatoms. The molecule has 2 rings (SSSR count). The van der Waals surface area contributed by atoms with Gasteiger partial charge in [0.2, 0.25) is 0 Å². The van der Waals surface area contributed by atoms with E-state index in [4.69, 9.17) is 10.5 Å². The minimum Gasteiger partial charge on any atom is -0.378 e. The summed E-state index contributed by atoms with van der Waals surface area (Å²) in [6.07, 6.45) is 3.90. The first-order valence-corrected chi connectivity index (χ1v) is 6.18. The normalized spacial score (nSPS) is 22.2. The highest BCUT2D eigenvalue weighted by Crippen LogP contribution is 2.26. The zero-order valence-corrected chi connectivity index (χ0v) is 9.99. The summed E-state index contributed by atoms with van der Waals surface area (Å²) in [5, 5.41) is 0. The third kappa shape index (κ3) is 2.83. The molecule has 1 aliphatic heterocycles. The molecule has 0 aromatic heterocycles. The molecular formula is C14H21NO. The largest absolute Gasteiger partial charge is 0.378 e. The lowest BCUT2D eigenvalue weighted by Gasteiger charge is -2.19. The number of benzene rings is 1. The van der Waals surface area contributed by atoms with E-state index in [1.54, 1.807) is 0 Å². The van der Waals surface area contributed by atoms with E-state index in [1.807, 2.05) is 0 Å². The molecule has 1 saturated heterocycles. The lowest BCUT2D eigenvalue weighted by molar-refractivity contribution is 0.0984. The Labute approximate surface area is 97.8 Å². The van der Waals surface area contributed by atoms with Gasteiger partial charge in [-0.05, 0) is 44.2 Å². The zero-order valence-electron chi connectivity index (χ0n) is 9.99. The molecule has 1 aromatic carbocycles. The van der Waals surface area contributed by atoms with Crippen LogP contribution in [-0.4, -0.2) is 19.3 Å². The van der Waals surface area contributed by atoms with Crippen LogP contribution in [0.5, 0.6) is 0 Å². The molecule has 0 amide bonds. The van der Waals surface area contributed by atoms with Crippen LogP contribution in [0.3, 0.4) is 0 Å². The Morgan fingerprint density at radius 2 is 2.38 bits per heavy atom. The third-order valence-electron chi connectivity index (χ3n) is 3.37. The molecule has 0 saturated carbocycles. The highest BCUT2D eigenvalue weighted by Gasteiger charge is 2.21. The number of aryl methyl sites for hydroxylation is 1. The Hall–Kier alpha value is -0.860. The van der Waals surface area contributed by atoms with Gasteiger partial charge in [-0.25, -0.2) is 0 Å². The Morgan fingerprint density at radius 3 is 3.00 bits per heavy atom. The van der Waals surface area contributed by atoms with E-state index in [1.165, 1.54) is 24.0 Å². The van der Waals surface area contributed by atoms with E-state index in [-0.39, 0.29) is 0 Å². The standard InChI is InChI=1S/C14H21NO/c1-11-4-2-5-12(8-11)13(10-15)9-14-6-3-7-16-14/h2,4-5,8,13-14H,3,6-7,9-10,15H2,1H3. The van der Waals surface area contributed by atoms with Crippen molar-refractivity contribution in [2.45, 2.75) is 38.2 Å². The van der Waals surface area contributed by atoms with Crippen LogP contribution in [-0.2, 0) is 4.74 Å². The fourth-order valence-corrected chi connectivity index (χ4v) is 2.44. The minimum absolute atomic E-state index is 0.425. The summed E-state index contributed by atoms with van der Waals surface area (Å²) in [4.78, 5) is 0. The third-order valence-corrected chi connectivity index (χ3v) is 3.37. The number of hydrogen-bond donors (Lipinski definition) is 1. The molecule has 1 aromatic rings. The van der Waals surface area contributed by atoms with Crippen molar-refractivity contribution in [1.82, 2.24) is 0 Å². The summed E-state index contributed by atoms with van der Waals surface area (Å²) in [5.41, 5.74) is 8.55. The van der Waals surface area contributed by atoms with E-state index >= 15 is 0 Å². The maximum atomic E-state index is 5.88. The van der Waals surface area contributed by atoms with Gasteiger partial charge >= 0.3 is 0 Å². The summed E-state index contributed by atoms with van der Waals surface area (Å²) in [7, 11) is 0. The molecule has 2 nitrogen and oxygen atoms in total. The van der Waals surface area contributed by atoms with Crippen molar-refractivity contribution in [2.24, 2.45) is 5.73 Å². The molecule has 1 fully saturated rings. The van der Waals surface area contributed by atoms with Crippen LogP contribution in [0, 0.1) is 6.92 Å². The molecule has 0 spiro atoms.